The number of hydrogen-bond acceptors (Lipinski definition) is 6. The summed E-state index contributed by atoms with van der Waals surface area (Å²) in [4.78, 5) is 0. The van der Waals surface area contributed by atoms with E-state index < -0.39 is 0 Å². The largest absolute Gasteiger partial charge is 0.494 e. The topological polar surface area (TPSA) is 76.6 Å². The lowest BCUT2D eigenvalue weighted by Gasteiger charge is -2.10. The van der Waals surface area contributed by atoms with Crippen molar-refractivity contribution in [3.05, 3.63) is 59.2 Å². The maximum atomic E-state index is 9.19. The van der Waals surface area contributed by atoms with E-state index in [0.29, 0.717) is 22.2 Å². The van der Waals surface area contributed by atoms with Gasteiger partial charge in [0, 0.05) is 5.75 Å². The molecule has 1 aromatic heterocycles. The summed E-state index contributed by atoms with van der Waals surface area (Å²) in [7, 11) is 1.62. The van der Waals surface area contributed by atoms with Crippen molar-refractivity contribution in [2.75, 3.05) is 7.11 Å². The molecule has 0 atom stereocenters. The van der Waals surface area contributed by atoms with E-state index in [1.54, 1.807) is 11.8 Å². The minimum absolute atomic E-state index is 0.609. The highest BCUT2D eigenvalue weighted by Gasteiger charge is 2.14. The molecular formula is C17H15N5OS. The van der Waals surface area contributed by atoms with Crippen LogP contribution in [0.25, 0.3) is 5.69 Å². The van der Waals surface area contributed by atoms with Crippen LogP contribution in [0.5, 0.6) is 5.75 Å². The molecule has 0 amide bonds. The van der Waals surface area contributed by atoms with Gasteiger partial charge in [0.25, 0.3) is 0 Å². The van der Waals surface area contributed by atoms with E-state index in [4.69, 9.17) is 4.74 Å². The molecule has 0 aliphatic rings. The van der Waals surface area contributed by atoms with Crippen LogP contribution < -0.4 is 4.74 Å². The third-order valence-electron chi connectivity index (χ3n) is 3.50. The van der Waals surface area contributed by atoms with Crippen LogP contribution in [0.15, 0.2) is 47.6 Å². The Bertz CT molecular complexity index is 900. The van der Waals surface area contributed by atoms with Crippen molar-refractivity contribution in [2.45, 2.75) is 17.8 Å². The summed E-state index contributed by atoms with van der Waals surface area (Å²) in [6, 6.07) is 15.6. The smallest absolute Gasteiger partial charge is 0.214 e. The average molecular weight is 337 g/mol. The SMILES string of the molecule is COc1ccc(C)cc1-n1nnnc1SCc1ccccc1C#N. The van der Waals surface area contributed by atoms with Gasteiger partial charge < -0.3 is 4.74 Å². The number of rotatable bonds is 5. The quantitative estimate of drug-likeness (QED) is 0.666. The fourth-order valence-electron chi connectivity index (χ4n) is 2.28. The maximum Gasteiger partial charge on any atom is 0.214 e. The number of aryl methyl sites for hydroxylation is 1. The van der Waals surface area contributed by atoms with E-state index in [-0.39, 0.29) is 0 Å². The van der Waals surface area contributed by atoms with Gasteiger partial charge in [0.1, 0.15) is 11.4 Å². The first kappa shape index (κ1) is 16.0. The Balaban J connectivity index is 1.89. The Hall–Kier alpha value is -2.85. The van der Waals surface area contributed by atoms with Crippen LogP contribution in [-0.2, 0) is 5.75 Å². The second kappa shape index (κ2) is 7.15. The van der Waals surface area contributed by atoms with Crippen molar-refractivity contribution in [1.82, 2.24) is 20.2 Å². The minimum atomic E-state index is 0.609. The molecule has 0 unspecified atom stereocenters. The number of thioether (sulfide) groups is 1. The van der Waals surface area contributed by atoms with Crippen LogP contribution >= 0.6 is 11.8 Å². The first-order valence-corrected chi connectivity index (χ1v) is 8.25. The number of aromatic nitrogens is 4. The van der Waals surface area contributed by atoms with Gasteiger partial charge in [-0.05, 0) is 46.7 Å². The van der Waals surface area contributed by atoms with Gasteiger partial charge >= 0.3 is 0 Å². The Morgan fingerprint density at radius 2 is 2.08 bits per heavy atom. The Morgan fingerprint density at radius 3 is 2.88 bits per heavy atom. The predicted octanol–water partition coefficient (Wildman–Crippen LogP) is 3.14. The molecule has 0 bridgehead atoms. The van der Waals surface area contributed by atoms with E-state index >= 15 is 0 Å². The van der Waals surface area contributed by atoms with Gasteiger partial charge in [-0.3, -0.25) is 0 Å². The van der Waals surface area contributed by atoms with E-state index in [1.165, 1.54) is 11.8 Å². The zero-order valence-electron chi connectivity index (χ0n) is 13.3. The standard InChI is InChI=1S/C17H15N5OS/c1-12-7-8-16(23-2)15(9-12)22-17(19-20-21-22)24-11-14-6-4-3-5-13(14)10-18/h3-9H,11H2,1-2H3. The van der Waals surface area contributed by atoms with Crippen molar-refractivity contribution < 1.29 is 4.74 Å². The van der Waals surface area contributed by atoms with Gasteiger partial charge in [0.2, 0.25) is 5.16 Å². The number of tetrazole rings is 1. The zero-order chi connectivity index (χ0) is 16.9. The molecule has 2 aromatic carbocycles. The molecule has 0 N–H and O–H groups in total. The average Bonchev–Trinajstić information content (AvgIpc) is 3.08. The normalized spacial score (nSPS) is 10.4. The summed E-state index contributed by atoms with van der Waals surface area (Å²) in [5, 5.41) is 21.8. The first-order valence-electron chi connectivity index (χ1n) is 7.27. The Labute approximate surface area is 144 Å². The molecule has 0 saturated carbocycles. The molecule has 7 heteroatoms. The van der Waals surface area contributed by atoms with Crippen LogP contribution in [0.4, 0.5) is 0 Å². The summed E-state index contributed by atoms with van der Waals surface area (Å²) < 4.78 is 7.07. The van der Waals surface area contributed by atoms with Crippen LogP contribution in [0.1, 0.15) is 16.7 Å². The highest BCUT2D eigenvalue weighted by Crippen LogP contribution is 2.28. The molecule has 1 heterocycles. The Morgan fingerprint density at radius 1 is 1.25 bits per heavy atom. The molecule has 0 fully saturated rings. The van der Waals surface area contributed by atoms with Crippen molar-refractivity contribution >= 4 is 11.8 Å². The molecular weight excluding hydrogens is 322 g/mol. The molecule has 0 radical (unpaired) electrons. The fraction of sp³-hybridized carbons (Fsp3) is 0.176. The van der Waals surface area contributed by atoms with Crippen LogP contribution in [0.3, 0.4) is 0 Å². The second-order valence-corrected chi connectivity index (χ2v) is 6.05. The van der Waals surface area contributed by atoms with Crippen molar-refractivity contribution in [2.24, 2.45) is 0 Å². The number of nitriles is 1. The third-order valence-corrected chi connectivity index (χ3v) is 4.47. The zero-order valence-corrected chi connectivity index (χ0v) is 14.1. The maximum absolute atomic E-state index is 9.19. The van der Waals surface area contributed by atoms with Crippen LogP contribution in [0, 0.1) is 18.3 Å². The highest BCUT2D eigenvalue weighted by molar-refractivity contribution is 7.98. The lowest BCUT2D eigenvalue weighted by molar-refractivity contribution is 0.410. The van der Waals surface area contributed by atoms with Gasteiger partial charge in [-0.25, -0.2) is 0 Å². The summed E-state index contributed by atoms with van der Waals surface area (Å²) in [5.41, 5.74) is 3.50. The second-order valence-electron chi connectivity index (χ2n) is 5.11. The van der Waals surface area contributed by atoms with Crippen LogP contribution in [0.2, 0.25) is 0 Å². The monoisotopic (exact) mass is 337 g/mol. The van der Waals surface area contributed by atoms with Gasteiger partial charge in [-0.15, -0.1) is 5.10 Å². The molecule has 0 spiro atoms. The summed E-state index contributed by atoms with van der Waals surface area (Å²) >= 11 is 1.48. The van der Waals surface area contributed by atoms with Gasteiger partial charge in [0.15, 0.2) is 0 Å². The van der Waals surface area contributed by atoms with Crippen molar-refractivity contribution in [3.63, 3.8) is 0 Å². The summed E-state index contributed by atoms with van der Waals surface area (Å²) in [6.45, 7) is 2.00. The molecule has 24 heavy (non-hydrogen) atoms. The summed E-state index contributed by atoms with van der Waals surface area (Å²) in [6.07, 6.45) is 0. The third kappa shape index (κ3) is 3.24. The molecule has 0 aliphatic heterocycles. The van der Waals surface area contributed by atoms with E-state index in [2.05, 4.69) is 21.6 Å². The van der Waals surface area contributed by atoms with E-state index in [9.17, 15) is 5.26 Å². The molecule has 120 valence electrons. The molecule has 3 rings (SSSR count). The first-order chi connectivity index (χ1) is 11.7. The van der Waals surface area contributed by atoms with Gasteiger partial charge in [0.05, 0.1) is 18.7 Å². The number of ether oxygens (including phenoxy) is 1. The van der Waals surface area contributed by atoms with Gasteiger partial charge in [-0.2, -0.15) is 9.94 Å². The fourth-order valence-corrected chi connectivity index (χ4v) is 3.17. The van der Waals surface area contributed by atoms with E-state index in [1.807, 2.05) is 49.4 Å². The number of nitrogens with zero attached hydrogens (tertiary/aromatic N) is 5. The molecule has 6 nitrogen and oxygen atoms in total. The van der Waals surface area contributed by atoms with E-state index in [0.717, 1.165) is 16.8 Å². The lowest BCUT2D eigenvalue weighted by Crippen LogP contribution is -2.02. The van der Waals surface area contributed by atoms with Crippen LogP contribution in [-0.4, -0.2) is 27.3 Å². The Kier molecular flexibility index (Phi) is 4.77. The molecule has 0 aliphatic carbocycles. The van der Waals surface area contributed by atoms with Crippen molar-refractivity contribution in [1.29, 1.82) is 5.26 Å². The number of hydrogen-bond donors (Lipinski definition) is 0. The molecule has 3 aromatic rings. The number of benzene rings is 2. The highest BCUT2D eigenvalue weighted by atomic mass is 32.2. The van der Waals surface area contributed by atoms with Crippen molar-refractivity contribution in [3.8, 4) is 17.5 Å². The predicted molar refractivity (Wildman–Crippen MR) is 91.2 cm³/mol. The summed E-state index contributed by atoms with van der Waals surface area (Å²) in [5.74, 6) is 1.31. The van der Waals surface area contributed by atoms with Gasteiger partial charge in [-0.1, -0.05) is 36.0 Å². The number of methoxy groups -OCH3 is 1. The molecule has 0 saturated heterocycles. The lowest BCUT2D eigenvalue weighted by atomic mass is 10.1. The minimum Gasteiger partial charge on any atom is -0.494 e.